The van der Waals surface area contributed by atoms with E-state index in [-0.39, 0.29) is 0 Å². The van der Waals surface area contributed by atoms with E-state index in [1.165, 1.54) is 0 Å². The van der Waals surface area contributed by atoms with E-state index >= 15 is 0 Å². The minimum absolute atomic E-state index is 0.330. The van der Waals surface area contributed by atoms with Gasteiger partial charge < -0.3 is 9.84 Å². The standard InChI is InChI=1S/C16H15BrO3/c1-11-2-8-14(9-3-11)20-15(16(18)19)10-12-4-6-13(17)7-5-12/h2-9,15H,10H2,1H3,(H,18,19)/t15-/m0/s1. The van der Waals surface area contributed by atoms with Gasteiger partial charge in [0.25, 0.3) is 0 Å². The molecule has 0 radical (unpaired) electrons. The quantitative estimate of drug-likeness (QED) is 0.903. The SMILES string of the molecule is Cc1ccc(O[C@@H](Cc2ccc(Br)cc2)C(=O)O)cc1. The lowest BCUT2D eigenvalue weighted by Gasteiger charge is -2.15. The lowest BCUT2D eigenvalue weighted by molar-refractivity contribution is -0.145. The number of halogens is 1. The Labute approximate surface area is 126 Å². The molecule has 0 heterocycles. The van der Waals surface area contributed by atoms with Crippen molar-refractivity contribution in [3.8, 4) is 5.75 Å². The van der Waals surface area contributed by atoms with Crippen molar-refractivity contribution < 1.29 is 14.6 Å². The van der Waals surface area contributed by atoms with E-state index in [9.17, 15) is 9.90 Å². The Hall–Kier alpha value is -1.81. The van der Waals surface area contributed by atoms with Gasteiger partial charge in [-0.1, -0.05) is 45.8 Å². The molecule has 0 bridgehead atoms. The monoisotopic (exact) mass is 334 g/mol. The van der Waals surface area contributed by atoms with Gasteiger partial charge in [0, 0.05) is 10.9 Å². The third kappa shape index (κ3) is 4.10. The van der Waals surface area contributed by atoms with E-state index in [0.29, 0.717) is 12.2 Å². The van der Waals surface area contributed by atoms with Gasteiger partial charge in [0.2, 0.25) is 0 Å². The molecule has 4 heteroatoms. The van der Waals surface area contributed by atoms with Gasteiger partial charge in [-0.15, -0.1) is 0 Å². The van der Waals surface area contributed by atoms with E-state index < -0.39 is 12.1 Å². The normalized spacial score (nSPS) is 11.9. The van der Waals surface area contributed by atoms with Crippen LogP contribution in [0.25, 0.3) is 0 Å². The highest BCUT2D eigenvalue weighted by Gasteiger charge is 2.20. The molecule has 3 nitrogen and oxygen atoms in total. The van der Waals surface area contributed by atoms with Crippen molar-refractivity contribution in [3.63, 3.8) is 0 Å². The van der Waals surface area contributed by atoms with Crippen molar-refractivity contribution in [3.05, 3.63) is 64.1 Å². The van der Waals surface area contributed by atoms with Crippen LogP contribution in [0.5, 0.6) is 5.75 Å². The van der Waals surface area contributed by atoms with Gasteiger partial charge in [0.1, 0.15) is 5.75 Å². The number of carboxylic acids is 1. The summed E-state index contributed by atoms with van der Waals surface area (Å²) in [6.07, 6.45) is -0.560. The summed E-state index contributed by atoms with van der Waals surface area (Å²) in [6, 6.07) is 14.9. The van der Waals surface area contributed by atoms with Crippen molar-refractivity contribution in [2.24, 2.45) is 0 Å². The number of ether oxygens (including phenoxy) is 1. The minimum Gasteiger partial charge on any atom is -0.478 e. The summed E-state index contributed by atoms with van der Waals surface area (Å²) in [5, 5.41) is 9.27. The van der Waals surface area contributed by atoms with Crippen LogP contribution in [0.3, 0.4) is 0 Å². The number of hydrogen-bond acceptors (Lipinski definition) is 2. The highest BCUT2D eigenvalue weighted by molar-refractivity contribution is 9.10. The number of aryl methyl sites for hydroxylation is 1. The molecule has 0 saturated heterocycles. The second-order valence-electron chi connectivity index (χ2n) is 4.59. The number of rotatable bonds is 5. The molecule has 2 rings (SSSR count). The second-order valence-corrected chi connectivity index (χ2v) is 5.50. The molecule has 0 amide bonds. The lowest BCUT2D eigenvalue weighted by atomic mass is 10.1. The van der Waals surface area contributed by atoms with E-state index in [2.05, 4.69) is 15.9 Å². The van der Waals surface area contributed by atoms with Crippen molar-refractivity contribution in [2.75, 3.05) is 0 Å². The predicted octanol–water partition coefficient (Wildman–Crippen LogP) is 3.83. The van der Waals surface area contributed by atoms with Crippen LogP contribution >= 0.6 is 15.9 Å². The summed E-state index contributed by atoms with van der Waals surface area (Å²) in [5.74, 6) is -0.395. The number of carboxylic acid groups (broad SMARTS) is 1. The molecule has 0 fully saturated rings. The van der Waals surface area contributed by atoms with E-state index in [1.807, 2.05) is 43.3 Å². The lowest BCUT2D eigenvalue weighted by Crippen LogP contribution is -2.29. The maximum Gasteiger partial charge on any atom is 0.345 e. The van der Waals surface area contributed by atoms with Crippen LogP contribution in [-0.4, -0.2) is 17.2 Å². The second kappa shape index (κ2) is 6.57. The first-order valence-corrected chi connectivity index (χ1v) is 7.04. The maximum absolute atomic E-state index is 11.3. The third-order valence-corrected chi connectivity index (χ3v) is 3.44. The summed E-state index contributed by atoms with van der Waals surface area (Å²) in [7, 11) is 0. The molecule has 0 unspecified atom stereocenters. The average Bonchev–Trinajstić information content (AvgIpc) is 2.42. The first-order chi connectivity index (χ1) is 9.54. The van der Waals surface area contributed by atoms with Crippen LogP contribution in [-0.2, 0) is 11.2 Å². The average molecular weight is 335 g/mol. The third-order valence-electron chi connectivity index (χ3n) is 2.91. The number of aliphatic carboxylic acids is 1. The molecule has 0 spiro atoms. The molecule has 0 aliphatic rings. The zero-order valence-corrected chi connectivity index (χ0v) is 12.6. The smallest absolute Gasteiger partial charge is 0.345 e. The van der Waals surface area contributed by atoms with E-state index in [0.717, 1.165) is 15.6 Å². The first kappa shape index (κ1) is 14.6. The van der Waals surface area contributed by atoms with Crippen LogP contribution in [0.15, 0.2) is 53.0 Å². The molecular weight excluding hydrogens is 320 g/mol. The number of hydrogen-bond donors (Lipinski definition) is 1. The molecule has 0 aromatic heterocycles. The van der Waals surface area contributed by atoms with Gasteiger partial charge >= 0.3 is 5.97 Å². The van der Waals surface area contributed by atoms with Gasteiger partial charge in [-0.05, 0) is 36.8 Å². The molecule has 1 atom stereocenters. The van der Waals surface area contributed by atoms with Crippen LogP contribution in [0.4, 0.5) is 0 Å². The Bertz CT molecular complexity index is 528. The maximum atomic E-state index is 11.3. The summed E-state index contributed by atoms with van der Waals surface area (Å²) >= 11 is 3.35. The first-order valence-electron chi connectivity index (χ1n) is 6.25. The van der Waals surface area contributed by atoms with Gasteiger partial charge in [-0.3, -0.25) is 0 Å². The van der Waals surface area contributed by atoms with Crippen molar-refractivity contribution in [2.45, 2.75) is 19.4 Å². The minimum atomic E-state index is -0.964. The molecule has 0 aliphatic carbocycles. The zero-order valence-electron chi connectivity index (χ0n) is 11.0. The van der Waals surface area contributed by atoms with Crippen LogP contribution in [0.2, 0.25) is 0 Å². The highest BCUT2D eigenvalue weighted by atomic mass is 79.9. The topological polar surface area (TPSA) is 46.5 Å². The van der Waals surface area contributed by atoms with Crippen LogP contribution in [0.1, 0.15) is 11.1 Å². The largest absolute Gasteiger partial charge is 0.478 e. The van der Waals surface area contributed by atoms with Gasteiger partial charge in [-0.25, -0.2) is 4.79 Å². The summed E-state index contributed by atoms with van der Waals surface area (Å²) in [5.41, 5.74) is 2.03. The van der Waals surface area contributed by atoms with Crippen molar-refractivity contribution in [1.82, 2.24) is 0 Å². The predicted molar refractivity (Wildman–Crippen MR) is 81.1 cm³/mol. The fourth-order valence-electron chi connectivity index (χ4n) is 1.80. The fourth-order valence-corrected chi connectivity index (χ4v) is 2.06. The van der Waals surface area contributed by atoms with Gasteiger partial charge in [0.05, 0.1) is 0 Å². The van der Waals surface area contributed by atoms with Crippen molar-refractivity contribution >= 4 is 21.9 Å². The molecule has 0 aliphatic heterocycles. The Kier molecular flexibility index (Phi) is 4.79. The van der Waals surface area contributed by atoms with Crippen LogP contribution < -0.4 is 4.74 Å². The van der Waals surface area contributed by atoms with Crippen molar-refractivity contribution in [1.29, 1.82) is 0 Å². The Morgan fingerprint density at radius 2 is 1.75 bits per heavy atom. The van der Waals surface area contributed by atoms with Crippen LogP contribution in [0, 0.1) is 6.92 Å². The number of benzene rings is 2. The van der Waals surface area contributed by atoms with E-state index in [4.69, 9.17) is 4.74 Å². The van der Waals surface area contributed by atoms with Gasteiger partial charge in [-0.2, -0.15) is 0 Å². The summed E-state index contributed by atoms with van der Waals surface area (Å²) in [6.45, 7) is 1.97. The molecule has 104 valence electrons. The number of carbonyl (C=O) groups is 1. The fraction of sp³-hybridized carbons (Fsp3) is 0.188. The molecular formula is C16H15BrO3. The molecule has 1 N–H and O–H groups in total. The summed E-state index contributed by atoms with van der Waals surface area (Å²) < 4.78 is 6.52. The Balaban J connectivity index is 2.09. The molecule has 2 aromatic carbocycles. The highest BCUT2D eigenvalue weighted by Crippen LogP contribution is 2.17. The van der Waals surface area contributed by atoms with Gasteiger partial charge in [0.15, 0.2) is 6.10 Å². The zero-order chi connectivity index (χ0) is 14.5. The molecule has 2 aromatic rings. The Morgan fingerprint density at radius 3 is 2.30 bits per heavy atom. The molecule has 20 heavy (non-hydrogen) atoms. The molecule has 0 saturated carbocycles. The summed E-state index contributed by atoms with van der Waals surface area (Å²) in [4.78, 5) is 11.3. The van der Waals surface area contributed by atoms with E-state index in [1.54, 1.807) is 12.1 Å². The Morgan fingerprint density at radius 1 is 1.15 bits per heavy atom.